The summed E-state index contributed by atoms with van der Waals surface area (Å²) >= 11 is 0. The van der Waals surface area contributed by atoms with Crippen LogP contribution in [0.25, 0.3) is 0 Å². The number of ether oxygens (including phenoxy) is 2. The smallest absolute Gasteiger partial charge is 0.303 e. The molecular formula is C19H30O6S. The van der Waals surface area contributed by atoms with Gasteiger partial charge in [-0.05, 0) is 37.3 Å². The minimum absolute atomic E-state index is 0.120. The standard InChI is InChI=1S/C19H30O6S/c1-24-18-15-17(25-13-8-14-26(2,22)23)12-11-16(18)9-6-4-3-5-7-10-19(20)21/h11-12,15H,3-10,13-14H2,1-2H3,(H,20,21). The maximum absolute atomic E-state index is 11.1. The van der Waals surface area contributed by atoms with E-state index in [2.05, 4.69) is 0 Å². The summed E-state index contributed by atoms with van der Waals surface area (Å²) in [5, 5.41) is 8.60. The summed E-state index contributed by atoms with van der Waals surface area (Å²) in [5.74, 6) is 0.840. The van der Waals surface area contributed by atoms with E-state index in [0.717, 1.165) is 49.8 Å². The Labute approximate surface area is 156 Å². The Morgan fingerprint density at radius 1 is 1.08 bits per heavy atom. The molecule has 0 saturated heterocycles. The van der Waals surface area contributed by atoms with Gasteiger partial charge in [0.2, 0.25) is 0 Å². The van der Waals surface area contributed by atoms with Crippen molar-refractivity contribution in [1.29, 1.82) is 0 Å². The number of aryl methyl sites for hydroxylation is 1. The van der Waals surface area contributed by atoms with Crippen LogP contribution in [-0.2, 0) is 21.1 Å². The minimum atomic E-state index is -2.96. The molecule has 0 amide bonds. The van der Waals surface area contributed by atoms with Crippen molar-refractivity contribution in [3.8, 4) is 11.5 Å². The van der Waals surface area contributed by atoms with Crippen LogP contribution in [0.15, 0.2) is 18.2 Å². The molecule has 0 radical (unpaired) electrons. The molecule has 6 nitrogen and oxygen atoms in total. The van der Waals surface area contributed by atoms with Crippen molar-refractivity contribution in [3.63, 3.8) is 0 Å². The van der Waals surface area contributed by atoms with E-state index >= 15 is 0 Å². The number of methoxy groups -OCH3 is 1. The van der Waals surface area contributed by atoms with E-state index in [4.69, 9.17) is 14.6 Å². The Kier molecular flexibility index (Phi) is 10.1. The molecule has 0 aromatic heterocycles. The summed E-state index contributed by atoms with van der Waals surface area (Å²) in [6.07, 6.45) is 7.65. The van der Waals surface area contributed by atoms with Gasteiger partial charge in [-0.25, -0.2) is 8.42 Å². The van der Waals surface area contributed by atoms with Crippen molar-refractivity contribution in [2.24, 2.45) is 0 Å². The van der Waals surface area contributed by atoms with Crippen molar-refractivity contribution < 1.29 is 27.8 Å². The van der Waals surface area contributed by atoms with Crippen LogP contribution in [0.4, 0.5) is 0 Å². The molecule has 0 aliphatic rings. The molecule has 1 rings (SSSR count). The van der Waals surface area contributed by atoms with Crippen LogP contribution in [0.5, 0.6) is 11.5 Å². The topological polar surface area (TPSA) is 89.9 Å². The molecule has 7 heteroatoms. The molecule has 0 unspecified atom stereocenters. The Morgan fingerprint density at radius 2 is 1.77 bits per heavy atom. The fourth-order valence-corrected chi connectivity index (χ4v) is 3.30. The number of benzene rings is 1. The Balaban J connectivity index is 2.34. The lowest BCUT2D eigenvalue weighted by Crippen LogP contribution is -2.08. The van der Waals surface area contributed by atoms with Crippen molar-refractivity contribution in [1.82, 2.24) is 0 Å². The second-order valence-corrected chi connectivity index (χ2v) is 8.73. The minimum Gasteiger partial charge on any atom is -0.496 e. The summed E-state index contributed by atoms with van der Waals surface area (Å²) in [7, 11) is -1.33. The summed E-state index contributed by atoms with van der Waals surface area (Å²) in [6.45, 7) is 0.353. The number of sulfone groups is 1. The molecule has 1 aromatic carbocycles. The Morgan fingerprint density at radius 3 is 2.42 bits per heavy atom. The van der Waals surface area contributed by atoms with E-state index in [-0.39, 0.29) is 12.2 Å². The highest BCUT2D eigenvalue weighted by atomic mass is 32.2. The van der Waals surface area contributed by atoms with E-state index < -0.39 is 15.8 Å². The predicted molar refractivity (Wildman–Crippen MR) is 102 cm³/mol. The van der Waals surface area contributed by atoms with Gasteiger partial charge < -0.3 is 14.6 Å². The highest BCUT2D eigenvalue weighted by molar-refractivity contribution is 7.90. The van der Waals surface area contributed by atoms with Crippen LogP contribution in [0, 0.1) is 0 Å². The molecular weight excluding hydrogens is 356 g/mol. The number of aliphatic carboxylic acids is 1. The van der Waals surface area contributed by atoms with Crippen molar-refractivity contribution in [3.05, 3.63) is 23.8 Å². The van der Waals surface area contributed by atoms with E-state index in [1.54, 1.807) is 7.11 Å². The highest BCUT2D eigenvalue weighted by Crippen LogP contribution is 2.26. The zero-order valence-electron chi connectivity index (χ0n) is 15.7. The molecule has 0 spiro atoms. The monoisotopic (exact) mass is 386 g/mol. The summed E-state index contributed by atoms with van der Waals surface area (Å²) < 4.78 is 33.2. The van der Waals surface area contributed by atoms with Gasteiger partial charge in [-0.15, -0.1) is 0 Å². The van der Waals surface area contributed by atoms with Gasteiger partial charge in [-0.2, -0.15) is 0 Å². The van der Waals surface area contributed by atoms with Crippen LogP contribution < -0.4 is 9.47 Å². The predicted octanol–water partition coefficient (Wildman–Crippen LogP) is 3.48. The Hall–Kier alpha value is -1.76. The number of carboxylic acid groups (broad SMARTS) is 1. The third-order valence-electron chi connectivity index (χ3n) is 4.02. The van der Waals surface area contributed by atoms with Crippen LogP contribution in [0.3, 0.4) is 0 Å². The maximum Gasteiger partial charge on any atom is 0.303 e. The first-order chi connectivity index (χ1) is 12.3. The maximum atomic E-state index is 11.1. The van der Waals surface area contributed by atoms with Gasteiger partial charge in [0, 0.05) is 18.7 Å². The van der Waals surface area contributed by atoms with Crippen LogP contribution in [-0.4, -0.2) is 45.2 Å². The summed E-state index contributed by atoms with van der Waals surface area (Å²) in [6, 6.07) is 5.70. The summed E-state index contributed by atoms with van der Waals surface area (Å²) in [5.41, 5.74) is 1.11. The molecule has 0 fully saturated rings. The molecule has 26 heavy (non-hydrogen) atoms. The van der Waals surface area contributed by atoms with Crippen molar-refractivity contribution >= 4 is 15.8 Å². The van der Waals surface area contributed by atoms with Gasteiger partial charge in [0.05, 0.1) is 19.5 Å². The highest BCUT2D eigenvalue weighted by Gasteiger charge is 2.07. The molecule has 0 saturated carbocycles. The lowest BCUT2D eigenvalue weighted by Gasteiger charge is -2.12. The number of rotatable bonds is 14. The normalized spacial score (nSPS) is 11.3. The first-order valence-electron chi connectivity index (χ1n) is 9.01. The fraction of sp³-hybridized carbons (Fsp3) is 0.632. The van der Waals surface area contributed by atoms with Crippen molar-refractivity contribution in [2.45, 2.75) is 51.4 Å². The number of hydrogen-bond acceptors (Lipinski definition) is 5. The van der Waals surface area contributed by atoms with E-state index in [1.807, 2.05) is 18.2 Å². The number of unbranched alkanes of at least 4 members (excludes halogenated alkanes) is 4. The lowest BCUT2D eigenvalue weighted by molar-refractivity contribution is -0.137. The van der Waals surface area contributed by atoms with Crippen LogP contribution >= 0.6 is 0 Å². The quantitative estimate of drug-likeness (QED) is 0.492. The van der Waals surface area contributed by atoms with Gasteiger partial charge in [-0.3, -0.25) is 4.79 Å². The summed E-state index contributed by atoms with van der Waals surface area (Å²) in [4.78, 5) is 10.4. The number of hydrogen-bond donors (Lipinski definition) is 1. The zero-order chi connectivity index (χ0) is 19.4. The second-order valence-electron chi connectivity index (χ2n) is 6.47. The third kappa shape index (κ3) is 10.3. The van der Waals surface area contributed by atoms with Crippen LogP contribution in [0.1, 0.15) is 50.5 Å². The molecule has 1 aromatic rings. The van der Waals surface area contributed by atoms with Gasteiger partial charge in [0.15, 0.2) is 0 Å². The molecule has 0 atom stereocenters. The Bertz CT molecular complexity index is 654. The second kappa shape index (κ2) is 11.8. The van der Waals surface area contributed by atoms with Gasteiger partial charge in [0.25, 0.3) is 0 Å². The molecule has 0 heterocycles. The average molecular weight is 387 g/mol. The van der Waals surface area contributed by atoms with Gasteiger partial charge >= 0.3 is 5.97 Å². The fourth-order valence-electron chi connectivity index (χ4n) is 2.65. The largest absolute Gasteiger partial charge is 0.496 e. The number of carboxylic acids is 1. The zero-order valence-corrected chi connectivity index (χ0v) is 16.5. The SMILES string of the molecule is COc1cc(OCCCS(C)(=O)=O)ccc1CCCCCCCC(=O)O. The third-order valence-corrected chi connectivity index (χ3v) is 5.05. The van der Waals surface area contributed by atoms with E-state index in [1.165, 1.54) is 6.26 Å². The average Bonchev–Trinajstić information content (AvgIpc) is 2.57. The van der Waals surface area contributed by atoms with Gasteiger partial charge in [-0.1, -0.05) is 25.3 Å². The molecule has 0 aliphatic carbocycles. The van der Waals surface area contributed by atoms with Gasteiger partial charge in [0.1, 0.15) is 21.3 Å². The first kappa shape index (κ1) is 22.3. The lowest BCUT2D eigenvalue weighted by atomic mass is 10.0. The van der Waals surface area contributed by atoms with E-state index in [9.17, 15) is 13.2 Å². The molecule has 0 aliphatic heterocycles. The van der Waals surface area contributed by atoms with E-state index in [0.29, 0.717) is 18.8 Å². The molecule has 1 N–H and O–H groups in total. The molecule has 0 bridgehead atoms. The first-order valence-corrected chi connectivity index (χ1v) is 11.1. The molecule has 148 valence electrons. The number of carbonyl (C=O) groups is 1. The van der Waals surface area contributed by atoms with Crippen LogP contribution in [0.2, 0.25) is 0 Å². The van der Waals surface area contributed by atoms with Crippen molar-refractivity contribution in [2.75, 3.05) is 25.7 Å².